The molecule has 0 radical (unpaired) electrons. The third-order valence-electron chi connectivity index (χ3n) is 4.67. The molecule has 4 unspecified atom stereocenters. The third-order valence-corrected chi connectivity index (χ3v) is 4.67. The van der Waals surface area contributed by atoms with Gasteiger partial charge in [-0.3, -0.25) is 0 Å². The molecule has 1 aliphatic carbocycles. The first-order valence-electron chi connectivity index (χ1n) is 10.0. The van der Waals surface area contributed by atoms with Gasteiger partial charge in [0.25, 0.3) is 0 Å². The molecule has 0 bridgehead atoms. The Kier molecular flexibility index (Phi) is 8.15. The fourth-order valence-electron chi connectivity index (χ4n) is 3.39. The highest BCUT2D eigenvalue weighted by Gasteiger charge is 2.36. The fourth-order valence-corrected chi connectivity index (χ4v) is 3.39. The van der Waals surface area contributed by atoms with Gasteiger partial charge in [-0.25, -0.2) is 9.59 Å². The lowest BCUT2D eigenvalue weighted by atomic mass is 9.89. The maximum Gasteiger partial charge on any atom is 0.408 e. The van der Waals surface area contributed by atoms with Crippen LogP contribution in [-0.2, 0) is 19.0 Å². The van der Waals surface area contributed by atoms with Crippen LogP contribution in [0.2, 0.25) is 0 Å². The zero-order valence-electron chi connectivity index (χ0n) is 17.6. The number of allylic oxidation sites excluding steroid dienone is 3. The van der Waals surface area contributed by atoms with Crippen LogP contribution in [0.15, 0.2) is 35.4 Å². The molecule has 2 rings (SSSR count). The van der Waals surface area contributed by atoms with Crippen LogP contribution in [0.5, 0.6) is 0 Å². The maximum absolute atomic E-state index is 12.7. The molecule has 1 amide bonds. The van der Waals surface area contributed by atoms with Crippen LogP contribution >= 0.6 is 0 Å². The molecule has 1 fully saturated rings. The number of carbonyl (C=O) groups excluding carboxylic acids is 2. The van der Waals surface area contributed by atoms with Crippen LogP contribution in [0.1, 0.15) is 53.4 Å². The van der Waals surface area contributed by atoms with Crippen molar-refractivity contribution < 1.29 is 28.9 Å². The first kappa shape index (κ1) is 22.8. The van der Waals surface area contributed by atoms with Crippen molar-refractivity contribution in [3.8, 4) is 0 Å². The molecular formula is C22H31NO6. The molecule has 1 heterocycles. The van der Waals surface area contributed by atoms with Crippen molar-refractivity contribution in [1.82, 2.24) is 5.32 Å². The SMILES string of the molecule is CC1OC(=O)C(NC(=O)OC(C)(C)C)CCCC(CCO)C1OC1=CC=C=C=C1. The first-order chi connectivity index (χ1) is 13.7. The van der Waals surface area contributed by atoms with Crippen molar-refractivity contribution in [3.63, 3.8) is 0 Å². The van der Waals surface area contributed by atoms with Crippen LogP contribution in [0.4, 0.5) is 4.79 Å². The molecule has 1 aliphatic heterocycles. The molecular weight excluding hydrogens is 374 g/mol. The van der Waals surface area contributed by atoms with E-state index in [1.807, 2.05) is 0 Å². The smallest absolute Gasteiger partial charge is 0.408 e. The summed E-state index contributed by atoms with van der Waals surface area (Å²) in [5.41, 5.74) is 5.00. The second kappa shape index (κ2) is 10.4. The molecule has 0 aromatic rings. The van der Waals surface area contributed by atoms with Crippen molar-refractivity contribution in [1.29, 1.82) is 0 Å². The molecule has 2 N–H and O–H groups in total. The third kappa shape index (κ3) is 7.47. The summed E-state index contributed by atoms with van der Waals surface area (Å²) in [5, 5.41) is 12.1. The summed E-state index contributed by atoms with van der Waals surface area (Å²) in [6.07, 6.45) is 5.83. The van der Waals surface area contributed by atoms with E-state index in [-0.39, 0.29) is 12.5 Å². The van der Waals surface area contributed by atoms with Crippen molar-refractivity contribution in [2.24, 2.45) is 5.92 Å². The lowest BCUT2D eigenvalue weighted by Crippen LogP contribution is -2.46. The van der Waals surface area contributed by atoms with E-state index in [1.165, 1.54) is 0 Å². The number of aliphatic hydroxyl groups excluding tert-OH is 1. The van der Waals surface area contributed by atoms with Gasteiger partial charge in [0.2, 0.25) is 0 Å². The van der Waals surface area contributed by atoms with Crippen molar-refractivity contribution >= 4 is 12.1 Å². The van der Waals surface area contributed by atoms with E-state index in [1.54, 1.807) is 45.9 Å². The summed E-state index contributed by atoms with van der Waals surface area (Å²) in [7, 11) is 0. The van der Waals surface area contributed by atoms with Crippen LogP contribution in [0.3, 0.4) is 0 Å². The topological polar surface area (TPSA) is 94.1 Å². The van der Waals surface area contributed by atoms with Crippen molar-refractivity contribution in [2.45, 2.75) is 77.2 Å². The highest BCUT2D eigenvalue weighted by molar-refractivity contribution is 5.81. The summed E-state index contributed by atoms with van der Waals surface area (Å²) in [4.78, 5) is 24.8. The number of amides is 1. The van der Waals surface area contributed by atoms with Gasteiger partial charge in [0.05, 0.1) is 0 Å². The van der Waals surface area contributed by atoms with Gasteiger partial charge >= 0.3 is 12.1 Å². The molecule has 0 aromatic carbocycles. The van der Waals surface area contributed by atoms with Gasteiger partial charge in [0, 0.05) is 18.6 Å². The van der Waals surface area contributed by atoms with Gasteiger partial charge in [-0.15, -0.1) is 0 Å². The molecule has 4 atom stereocenters. The monoisotopic (exact) mass is 405 g/mol. The lowest BCUT2D eigenvalue weighted by molar-refractivity contribution is -0.158. The fraction of sp³-hybridized carbons (Fsp3) is 0.636. The van der Waals surface area contributed by atoms with Crippen LogP contribution in [-0.4, -0.2) is 47.6 Å². The Morgan fingerprint density at radius 1 is 1.34 bits per heavy atom. The van der Waals surface area contributed by atoms with E-state index in [4.69, 9.17) is 14.2 Å². The van der Waals surface area contributed by atoms with E-state index in [0.29, 0.717) is 25.0 Å². The van der Waals surface area contributed by atoms with Crippen LogP contribution in [0, 0.1) is 5.92 Å². The number of rotatable bonds is 5. The largest absolute Gasteiger partial charge is 0.486 e. The predicted molar refractivity (Wildman–Crippen MR) is 107 cm³/mol. The number of nitrogens with one attached hydrogen (secondary N) is 1. The Labute approximate surface area is 172 Å². The first-order valence-corrected chi connectivity index (χ1v) is 10.0. The number of hydrogen-bond acceptors (Lipinski definition) is 6. The van der Waals surface area contributed by atoms with E-state index >= 15 is 0 Å². The summed E-state index contributed by atoms with van der Waals surface area (Å²) in [6.45, 7) is 7.06. The van der Waals surface area contributed by atoms with Crippen molar-refractivity contribution in [2.75, 3.05) is 6.61 Å². The number of esters is 1. The molecule has 0 spiro atoms. The number of alkyl carbamates (subject to hydrolysis) is 1. The average Bonchev–Trinajstić information content (AvgIpc) is 2.67. The molecule has 7 heteroatoms. The summed E-state index contributed by atoms with van der Waals surface area (Å²) in [5.74, 6) is 0.0732. The van der Waals surface area contributed by atoms with Gasteiger partial charge in [-0.2, -0.15) is 0 Å². The van der Waals surface area contributed by atoms with Crippen LogP contribution < -0.4 is 5.32 Å². The minimum atomic E-state index is -0.791. The van der Waals surface area contributed by atoms with Gasteiger partial charge < -0.3 is 24.6 Å². The molecule has 0 aromatic heterocycles. The Morgan fingerprint density at radius 2 is 2.10 bits per heavy atom. The number of ether oxygens (including phenoxy) is 3. The van der Waals surface area contributed by atoms with Gasteiger partial charge in [0.15, 0.2) is 0 Å². The maximum atomic E-state index is 12.7. The van der Waals surface area contributed by atoms with Crippen molar-refractivity contribution in [3.05, 3.63) is 35.4 Å². The Balaban J connectivity index is 2.11. The number of hydrogen-bond donors (Lipinski definition) is 2. The average molecular weight is 405 g/mol. The minimum absolute atomic E-state index is 0.00716. The number of carbonyl (C=O) groups is 2. The molecule has 29 heavy (non-hydrogen) atoms. The molecule has 0 saturated carbocycles. The van der Waals surface area contributed by atoms with Crippen LogP contribution in [0.25, 0.3) is 0 Å². The minimum Gasteiger partial charge on any atom is -0.486 e. The van der Waals surface area contributed by atoms with E-state index in [9.17, 15) is 14.7 Å². The second-order valence-corrected chi connectivity index (χ2v) is 8.30. The predicted octanol–water partition coefficient (Wildman–Crippen LogP) is 3.14. The molecule has 7 nitrogen and oxygen atoms in total. The second-order valence-electron chi connectivity index (χ2n) is 8.30. The highest BCUT2D eigenvalue weighted by Crippen LogP contribution is 2.28. The Bertz CT molecular complexity index is 722. The molecule has 160 valence electrons. The van der Waals surface area contributed by atoms with E-state index in [2.05, 4.69) is 16.8 Å². The normalized spacial score (nSPS) is 27.2. The van der Waals surface area contributed by atoms with Gasteiger partial charge in [-0.05, 0) is 59.1 Å². The number of cyclic esters (lactones) is 1. The quantitative estimate of drug-likeness (QED) is 0.539. The summed E-state index contributed by atoms with van der Waals surface area (Å²) >= 11 is 0. The summed E-state index contributed by atoms with van der Waals surface area (Å²) < 4.78 is 17.0. The molecule has 1 saturated heterocycles. The van der Waals surface area contributed by atoms with Gasteiger partial charge in [0.1, 0.15) is 29.6 Å². The Hall–Kier alpha value is -2.46. The summed E-state index contributed by atoms with van der Waals surface area (Å²) in [6, 6.07) is -0.791. The molecule has 2 aliphatic rings. The van der Waals surface area contributed by atoms with E-state index < -0.39 is 35.9 Å². The number of aliphatic hydroxyl groups is 1. The van der Waals surface area contributed by atoms with Gasteiger partial charge in [-0.1, -0.05) is 17.9 Å². The zero-order valence-corrected chi connectivity index (χ0v) is 17.6. The standard InChI is InChI=1S/C22H31NO6/c1-15-19(28-17-10-6-5-7-11-17)16(13-14-24)9-8-12-18(20(25)27-15)23-21(26)29-22(2,3)4/h6,10-11,15-16,18-19,24H,8-9,12-14H2,1-4H3,(H,23,26). The lowest BCUT2D eigenvalue weighted by Gasteiger charge is -2.31. The van der Waals surface area contributed by atoms with E-state index in [0.717, 1.165) is 6.42 Å². The highest BCUT2D eigenvalue weighted by atomic mass is 16.6. The zero-order chi connectivity index (χ0) is 21.4. The Morgan fingerprint density at radius 3 is 2.72 bits per heavy atom.